The standard InChI is InChI=1S/C19H22N2O4/c1-13-6-4-8-16(10-13)24-12-18(22)20-21-19(23)15(3)25-17-9-5-7-14(2)11-17/h4-11,15H,12H2,1-3H3,(H,20,22)(H,21,23). The van der Waals surface area contributed by atoms with E-state index in [0.717, 1.165) is 11.1 Å². The molecular weight excluding hydrogens is 320 g/mol. The zero-order valence-corrected chi connectivity index (χ0v) is 14.5. The molecule has 0 aromatic heterocycles. The lowest BCUT2D eigenvalue weighted by molar-refractivity contribution is -0.133. The summed E-state index contributed by atoms with van der Waals surface area (Å²) >= 11 is 0. The van der Waals surface area contributed by atoms with Crippen molar-refractivity contribution in [3.05, 3.63) is 59.7 Å². The van der Waals surface area contributed by atoms with Gasteiger partial charge in [0.2, 0.25) is 0 Å². The molecule has 1 atom stereocenters. The monoisotopic (exact) mass is 342 g/mol. The minimum absolute atomic E-state index is 0.198. The average molecular weight is 342 g/mol. The largest absolute Gasteiger partial charge is 0.484 e. The Hall–Kier alpha value is -3.02. The third kappa shape index (κ3) is 6.18. The smallest absolute Gasteiger partial charge is 0.279 e. The molecule has 0 spiro atoms. The van der Waals surface area contributed by atoms with Crippen LogP contribution >= 0.6 is 0 Å². The normalized spacial score (nSPS) is 11.3. The number of ether oxygens (including phenoxy) is 2. The van der Waals surface area contributed by atoms with Crippen molar-refractivity contribution in [1.82, 2.24) is 10.9 Å². The summed E-state index contributed by atoms with van der Waals surface area (Å²) in [4.78, 5) is 23.7. The molecule has 2 amide bonds. The number of hydrogen-bond acceptors (Lipinski definition) is 4. The maximum absolute atomic E-state index is 12.0. The number of nitrogens with one attached hydrogen (secondary N) is 2. The second-order valence-electron chi connectivity index (χ2n) is 5.72. The van der Waals surface area contributed by atoms with E-state index in [1.165, 1.54) is 0 Å². The summed E-state index contributed by atoms with van der Waals surface area (Å²) in [5.74, 6) is 0.275. The van der Waals surface area contributed by atoms with E-state index in [2.05, 4.69) is 10.9 Å². The zero-order valence-electron chi connectivity index (χ0n) is 14.5. The molecule has 0 saturated carbocycles. The molecule has 0 radical (unpaired) electrons. The van der Waals surface area contributed by atoms with Crippen LogP contribution in [-0.4, -0.2) is 24.5 Å². The van der Waals surface area contributed by atoms with Crippen LogP contribution in [0, 0.1) is 13.8 Å². The van der Waals surface area contributed by atoms with E-state index in [-0.39, 0.29) is 6.61 Å². The molecule has 6 nitrogen and oxygen atoms in total. The third-order valence-corrected chi connectivity index (χ3v) is 3.36. The molecule has 0 heterocycles. The second kappa shape index (κ2) is 8.73. The number of rotatable bonds is 6. The van der Waals surface area contributed by atoms with Gasteiger partial charge in [0.1, 0.15) is 11.5 Å². The number of aryl methyl sites for hydroxylation is 2. The molecule has 2 aromatic carbocycles. The average Bonchev–Trinajstić information content (AvgIpc) is 2.58. The van der Waals surface area contributed by atoms with Crippen molar-refractivity contribution in [2.75, 3.05) is 6.61 Å². The Morgan fingerprint density at radius 3 is 2.20 bits per heavy atom. The highest BCUT2D eigenvalue weighted by Gasteiger charge is 2.15. The molecule has 0 aliphatic carbocycles. The lowest BCUT2D eigenvalue weighted by Gasteiger charge is -2.15. The molecule has 0 aliphatic rings. The predicted octanol–water partition coefficient (Wildman–Crippen LogP) is 2.30. The Bertz CT molecular complexity index is 746. The van der Waals surface area contributed by atoms with Crippen LogP contribution in [0.25, 0.3) is 0 Å². The summed E-state index contributed by atoms with van der Waals surface area (Å²) in [5.41, 5.74) is 6.69. The number of carbonyl (C=O) groups excluding carboxylic acids is 2. The van der Waals surface area contributed by atoms with Gasteiger partial charge in [0.25, 0.3) is 11.8 Å². The van der Waals surface area contributed by atoms with Crippen LogP contribution in [0.1, 0.15) is 18.1 Å². The van der Waals surface area contributed by atoms with Gasteiger partial charge in [-0.1, -0.05) is 24.3 Å². The summed E-state index contributed by atoms with van der Waals surface area (Å²) in [7, 11) is 0. The molecule has 25 heavy (non-hydrogen) atoms. The van der Waals surface area contributed by atoms with Gasteiger partial charge < -0.3 is 9.47 Å². The molecule has 2 rings (SSSR count). The Labute approximate surface area is 147 Å². The summed E-state index contributed by atoms with van der Waals surface area (Å²) in [5, 5.41) is 0. The van der Waals surface area contributed by atoms with E-state index in [0.29, 0.717) is 11.5 Å². The molecule has 0 saturated heterocycles. The number of carbonyl (C=O) groups is 2. The first kappa shape index (κ1) is 18.3. The molecule has 132 valence electrons. The Morgan fingerprint density at radius 1 is 0.960 bits per heavy atom. The van der Waals surface area contributed by atoms with Crippen LogP contribution in [0.5, 0.6) is 11.5 Å². The van der Waals surface area contributed by atoms with Crippen molar-refractivity contribution in [2.24, 2.45) is 0 Å². The molecule has 0 fully saturated rings. The fourth-order valence-electron chi connectivity index (χ4n) is 2.07. The highest BCUT2D eigenvalue weighted by Crippen LogP contribution is 2.14. The first-order valence-corrected chi connectivity index (χ1v) is 7.95. The van der Waals surface area contributed by atoms with Gasteiger partial charge in [-0.25, -0.2) is 0 Å². The van der Waals surface area contributed by atoms with Crippen molar-refractivity contribution in [3.63, 3.8) is 0 Å². The number of amides is 2. The van der Waals surface area contributed by atoms with Crippen LogP contribution in [0.3, 0.4) is 0 Å². The maximum Gasteiger partial charge on any atom is 0.279 e. The maximum atomic E-state index is 12.0. The Morgan fingerprint density at radius 2 is 1.56 bits per heavy atom. The fourth-order valence-corrected chi connectivity index (χ4v) is 2.07. The van der Waals surface area contributed by atoms with Gasteiger partial charge in [0.05, 0.1) is 0 Å². The van der Waals surface area contributed by atoms with Gasteiger partial charge in [-0.15, -0.1) is 0 Å². The molecule has 6 heteroatoms. The van der Waals surface area contributed by atoms with Crippen molar-refractivity contribution in [2.45, 2.75) is 26.9 Å². The van der Waals surface area contributed by atoms with Crippen LogP contribution in [0.4, 0.5) is 0 Å². The van der Waals surface area contributed by atoms with Crippen molar-refractivity contribution >= 4 is 11.8 Å². The van der Waals surface area contributed by atoms with Gasteiger partial charge in [-0.2, -0.15) is 0 Å². The minimum Gasteiger partial charge on any atom is -0.484 e. The summed E-state index contributed by atoms with van der Waals surface area (Å²) in [6.07, 6.45) is -0.750. The molecular formula is C19H22N2O4. The van der Waals surface area contributed by atoms with E-state index in [1.54, 1.807) is 19.1 Å². The second-order valence-corrected chi connectivity index (χ2v) is 5.72. The number of hydrazine groups is 1. The number of benzene rings is 2. The first-order valence-electron chi connectivity index (χ1n) is 7.95. The lowest BCUT2D eigenvalue weighted by Crippen LogP contribution is -2.48. The summed E-state index contributed by atoms with van der Waals surface area (Å²) < 4.78 is 10.9. The lowest BCUT2D eigenvalue weighted by atomic mass is 10.2. The Balaban J connectivity index is 1.74. The Kier molecular flexibility index (Phi) is 6.39. The molecule has 1 unspecified atom stereocenters. The fraction of sp³-hybridized carbons (Fsp3) is 0.263. The van der Waals surface area contributed by atoms with Gasteiger partial charge >= 0.3 is 0 Å². The van der Waals surface area contributed by atoms with Crippen LogP contribution in [-0.2, 0) is 9.59 Å². The highest BCUT2D eigenvalue weighted by molar-refractivity contribution is 5.85. The van der Waals surface area contributed by atoms with Gasteiger partial charge in [-0.3, -0.25) is 20.4 Å². The van der Waals surface area contributed by atoms with Crippen molar-refractivity contribution in [1.29, 1.82) is 0 Å². The van der Waals surface area contributed by atoms with Crippen molar-refractivity contribution < 1.29 is 19.1 Å². The van der Waals surface area contributed by atoms with Gasteiger partial charge in [0, 0.05) is 0 Å². The summed E-state index contributed by atoms with van der Waals surface area (Å²) in [6.45, 7) is 5.28. The quantitative estimate of drug-likeness (QED) is 0.790. The molecule has 0 aliphatic heterocycles. The van der Waals surface area contributed by atoms with Crippen LogP contribution < -0.4 is 20.3 Å². The third-order valence-electron chi connectivity index (χ3n) is 3.36. The minimum atomic E-state index is -0.750. The highest BCUT2D eigenvalue weighted by atomic mass is 16.5. The van der Waals surface area contributed by atoms with Crippen LogP contribution in [0.15, 0.2) is 48.5 Å². The van der Waals surface area contributed by atoms with Crippen molar-refractivity contribution in [3.8, 4) is 11.5 Å². The van der Waals surface area contributed by atoms with E-state index in [9.17, 15) is 9.59 Å². The summed E-state index contributed by atoms with van der Waals surface area (Å²) in [6, 6.07) is 14.7. The predicted molar refractivity (Wildman–Crippen MR) is 94.2 cm³/mol. The van der Waals surface area contributed by atoms with E-state index >= 15 is 0 Å². The first-order chi connectivity index (χ1) is 11.9. The SMILES string of the molecule is Cc1cccc(OCC(=O)NNC(=O)C(C)Oc2cccc(C)c2)c1. The molecule has 0 bridgehead atoms. The zero-order chi connectivity index (χ0) is 18.2. The van der Waals surface area contributed by atoms with Gasteiger partial charge in [0.15, 0.2) is 12.7 Å². The number of hydrogen-bond donors (Lipinski definition) is 2. The van der Waals surface area contributed by atoms with E-state index in [1.807, 2.05) is 50.2 Å². The van der Waals surface area contributed by atoms with E-state index in [4.69, 9.17) is 9.47 Å². The van der Waals surface area contributed by atoms with E-state index < -0.39 is 17.9 Å². The van der Waals surface area contributed by atoms with Crippen LogP contribution in [0.2, 0.25) is 0 Å². The molecule has 2 N–H and O–H groups in total. The topological polar surface area (TPSA) is 76.7 Å². The van der Waals surface area contributed by atoms with Gasteiger partial charge in [-0.05, 0) is 56.2 Å². The molecule has 2 aromatic rings.